The molecule has 3 nitrogen and oxygen atoms in total. The number of hydrogen-bond acceptors (Lipinski definition) is 2. The molecule has 0 N–H and O–H groups in total. The van der Waals surface area contributed by atoms with E-state index in [0.29, 0.717) is 18.2 Å². The van der Waals surface area contributed by atoms with Gasteiger partial charge in [-0.25, -0.2) is 0 Å². The number of pyridine rings is 1. The maximum atomic E-state index is 12.5. The summed E-state index contributed by atoms with van der Waals surface area (Å²) in [6.45, 7) is 1.86. The summed E-state index contributed by atoms with van der Waals surface area (Å²) >= 11 is 0. The summed E-state index contributed by atoms with van der Waals surface area (Å²) < 4.78 is 0. The third kappa shape index (κ3) is 4.92. The van der Waals surface area contributed by atoms with Gasteiger partial charge in [-0.1, -0.05) is 30.3 Å². The molecule has 0 saturated carbocycles. The third-order valence-corrected chi connectivity index (χ3v) is 4.93. The predicted molar refractivity (Wildman–Crippen MR) is 96.6 cm³/mol. The van der Waals surface area contributed by atoms with Crippen molar-refractivity contribution in [3.63, 3.8) is 0 Å². The maximum absolute atomic E-state index is 12.5. The highest BCUT2D eigenvalue weighted by Crippen LogP contribution is 2.22. The van der Waals surface area contributed by atoms with E-state index in [4.69, 9.17) is 0 Å². The van der Waals surface area contributed by atoms with Crippen molar-refractivity contribution < 1.29 is 4.79 Å². The van der Waals surface area contributed by atoms with Gasteiger partial charge in [0.2, 0.25) is 5.91 Å². The number of hydrogen-bond donors (Lipinski definition) is 0. The van der Waals surface area contributed by atoms with E-state index in [1.807, 2.05) is 12.1 Å². The fourth-order valence-corrected chi connectivity index (χ4v) is 3.50. The van der Waals surface area contributed by atoms with Crippen LogP contribution in [0.15, 0.2) is 54.9 Å². The molecule has 1 aromatic heterocycles. The molecule has 0 aliphatic carbocycles. The van der Waals surface area contributed by atoms with Crippen LogP contribution in [-0.2, 0) is 17.6 Å². The standard InChI is InChI=1S/C21H26N2O/c24-21(11-10-19-12-14-22-15-13-19)23-16-4-7-20(17-23)9-8-18-5-2-1-3-6-18/h1-3,5-6,12-15,20H,4,7-11,16-17H2/t20-/m0/s1. The number of likely N-dealkylation sites (tertiary alicyclic amines) is 1. The molecule has 0 spiro atoms. The van der Waals surface area contributed by atoms with Crippen LogP contribution in [0.1, 0.15) is 36.8 Å². The number of benzene rings is 1. The van der Waals surface area contributed by atoms with Crippen LogP contribution in [0, 0.1) is 5.92 Å². The average molecular weight is 322 g/mol. The van der Waals surface area contributed by atoms with Crippen molar-refractivity contribution in [2.75, 3.05) is 13.1 Å². The van der Waals surface area contributed by atoms with Crippen LogP contribution in [0.2, 0.25) is 0 Å². The summed E-state index contributed by atoms with van der Waals surface area (Å²) in [6.07, 6.45) is 9.69. The fraction of sp³-hybridized carbons (Fsp3) is 0.429. The lowest BCUT2D eigenvalue weighted by Gasteiger charge is -2.33. The first-order valence-electron chi connectivity index (χ1n) is 9.02. The Morgan fingerprint density at radius 2 is 1.79 bits per heavy atom. The van der Waals surface area contributed by atoms with E-state index in [2.05, 4.69) is 40.2 Å². The number of nitrogens with zero attached hydrogens (tertiary/aromatic N) is 2. The Bertz CT molecular complexity index is 627. The molecule has 1 saturated heterocycles. The van der Waals surface area contributed by atoms with Gasteiger partial charge >= 0.3 is 0 Å². The van der Waals surface area contributed by atoms with Crippen LogP contribution in [0.5, 0.6) is 0 Å². The second-order valence-electron chi connectivity index (χ2n) is 6.73. The van der Waals surface area contributed by atoms with Crippen LogP contribution < -0.4 is 0 Å². The van der Waals surface area contributed by atoms with Gasteiger partial charge in [0.1, 0.15) is 0 Å². The minimum Gasteiger partial charge on any atom is -0.342 e. The minimum atomic E-state index is 0.302. The van der Waals surface area contributed by atoms with Gasteiger partial charge < -0.3 is 4.90 Å². The van der Waals surface area contributed by atoms with E-state index in [1.165, 1.54) is 24.0 Å². The SMILES string of the molecule is O=C(CCc1ccncc1)N1CCC[C@@H](CCc2ccccc2)C1. The molecule has 2 aromatic rings. The van der Waals surface area contributed by atoms with Gasteiger partial charge in [-0.15, -0.1) is 0 Å². The summed E-state index contributed by atoms with van der Waals surface area (Å²) in [7, 11) is 0. The Morgan fingerprint density at radius 3 is 2.58 bits per heavy atom. The maximum Gasteiger partial charge on any atom is 0.222 e. The Labute approximate surface area is 144 Å². The van der Waals surface area contributed by atoms with Gasteiger partial charge in [-0.2, -0.15) is 0 Å². The molecule has 3 heteroatoms. The lowest BCUT2D eigenvalue weighted by Crippen LogP contribution is -2.40. The van der Waals surface area contributed by atoms with Crippen molar-refractivity contribution in [3.05, 3.63) is 66.0 Å². The monoisotopic (exact) mass is 322 g/mol. The van der Waals surface area contributed by atoms with Gasteiger partial charge in [0, 0.05) is 31.9 Å². The number of aryl methyl sites for hydroxylation is 2. The second-order valence-corrected chi connectivity index (χ2v) is 6.73. The Balaban J connectivity index is 1.45. The molecule has 1 atom stereocenters. The first-order valence-corrected chi connectivity index (χ1v) is 9.02. The van der Waals surface area contributed by atoms with E-state index >= 15 is 0 Å². The van der Waals surface area contributed by atoms with Gasteiger partial charge in [-0.05, 0) is 61.3 Å². The topological polar surface area (TPSA) is 33.2 Å². The zero-order chi connectivity index (χ0) is 16.6. The third-order valence-electron chi connectivity index (χ3n) is 4.93. The van der Waals surface area contributed by atoms with Crippen LogP contribution in [-0.4, -0.2) is 28.9 Å². The molecule has 1 amide bonds. The molecule has 1 aliphatic heterocycles. The number of carbonyl (C=O) groups is 1. The molecule has 3 rings (SSSR count). The smallest absolute Gasteiger partial charge is 0.222 e. The first-order chi connectivity index (χ1) is 11.8. The largest absolute Gasteiger partial charge is 0.342 e. The van der Waals surface area contributed by atoms with Crippen LogP contribution in [0.4, 0.5) is 0 Å². The van der Waals surface area contributed by atoms with E-state index in [-0.39, 0.29) is 0 Å². The Morgan fingerprint density at radius 1 is 1.04 bits per heavy atom. The molecule has 0 unspecified atom stereocenters. The summed E-state index contributed by atoms with van der Waals surface area (Å²) in [6, 6.07) is 14.6. The van der Waals surface area contributed by atoms with Gasteiger partial charge in [-0.3, -0.25) is 9.78 Å². The minimum absolute atomic E-state index is 0.302. The summed E-state index contributed by atoms with van der Waals surface area (Å²) in [5.41, 5.74) is 2.59. The molecule has 2 heterocycles. The highest BCUT2D eigenvalue weighted by Gasteiger charge is 2.23. The number of carbonyl (C=O) groups excluding carboxylic acids is 1. The van der Waals surface area contributed by atoms with Crippen molar-refractivity contribution in [2.45, 2.75) is 38.5 Å². The fourth-order valence-electron chi connectivity index (χ4n) is 3.50. The molecule has 24 heavy (non-hydrogen) atoms. The summed E-state index contributed by atoms with van der Waals surface area (Å²) in [5.74, 6) is 0.944. The van der Waals surface area contributed by atoms with Crippen molar-refractivity contribution in [1.82, 2.24) is 9.88 Å². The van der Waals surface area contributed by atoms with Gasteiger partial charge in [0.15, 0.2) is 0 Å². The summed E-state index contributed by atoms with van der Waals surface area (Å²) in [5, 5.41) is 0. The zero-order valence-electron chi connectivity index (χ0n) is 14.2. The molecular weight excluding hydrogens is 296 g/mol. The van der Waals surface area contributed by atoms with E-state index < -0.39 is 0 Å². The number of amides is 1. The van der Waals surface area contributed by atoms with Crippen molar-refractivity contribution in [2.24, 2.45) is 5.92 Å². The quantitative estimate of drug-likeness (QED) is 0.808. The van der Waals surface area contributed by atoms with Crippen molar-refractivity contribution >= 4 is 5.91 Å². The number of rotatable bonds is 6. The lowest BCUT2D eigenvalue weighted by molar-refractivity contribution is -0.133. The van der Waals surface area contributed by atoms with Gasteiger partial charge in [0.05, 0.1) is 0 Å². The highest BCUT2D eigenvalue weighted by molar-refractivity contribution is 5.76. The molecular formula is C21H26N2O. The zero-order valence-corrected chi connectivity index (χ0v) is 14.2. The average Bonchev–Trinajstić information content (AvgIpc) is 2.66. The Kier molecular flexibility index (Phi) is 6.00. The van der Waals surface area contributed by atoms with Crippen LogP contribution in [0.3, 0.4) is 0 Å². The Hall–Kier alpha value is -2.16. The summed E-state index contributed by atoms with van der Waals surface area (Å²) in [4.78, 5) is 18.6. The second kappa shape index (κ2) is 8.62. The lowest BCUT2D eigenvalue weighted by atomic mass is 9.91. The van der Waals surface area contributed by atoms with Crippen molar-refractivity contribution in [3.8, 4) is 0 Å². The number of piperidine rings is 1. The molecule has 1 fully saturated rings. The van der Waals surface area contributed by atoms with E-state index in [0.717, 1.165) is 32.4 Å². The molecule has 1 aromatic carbocycles. The highest BCUT2D eigenvalue weighted by atomic mass is 16.2. The van der Waals surface area contributed by atoms with E-state index in [9.17, 15) is 4.79 Å². The van der Waals surface area contributed by atoms with Crippen molar-refractivity contribution in [1.29, 1.82) is 0 Å². The van der Waals surface area contributed by atoms with E-state index in [1.54, 1.807) is 12.4 Å². The molecule has 126 valence electrons. The van der Waals surface area contributed by atoms with Crippen LogP contribution in [0.25, 0.3) is 0 Å². The molecule has 1 aliphatic rings. The predicted octanol–water partition coefficient (Wildman–Crippen LogP) is 3.89. The first kappa shape index (κ1) is 16.7. The normalized spacial score (nSPS) is 17.7. The number of aromatic nitrogens is 1. The van der Waals surface area contributed by atoms with Gasteiger partial charge in [0.25, 0.3) is 0 Å². The van der Waals surface area contributed by atoms with Crippen LogP contribution >= 0.6 is 0 Å². The molecule has 0 radical (unpaired) electrons. The molecule has 0 bridgehead atoms.